The van der Waals surface area contributed by atoms with Gasteiger partial charge in [-0.2, -0.15) is 8.42 Å². The predicted octanol–water partition coefficient (Wildman–Crippen LogP) is 3.46. The summed E-state index contributed by atoms with van der Waals surface area (Å²) in [7, 11) is -4.02. The molecule has 2 aliphatic rings. The minimum absolute atomic E-state index is 0.0322. The highest BCUT2D eigenvalue weighted by atomic mass is 32.2. The SMILES string of the molecule is Cc1ccc(S(=O)(=O)O)cc1.O=C(O)C1CC2CCCC2(Cc2ccccc2)N1. The molecule has 3 N–H and O–H groups in total. The molecule has 1 saturated heterocycles. The van der Waals surface area contributed by atoms with Gasteiger partial charge in [0.15, 0.2) is 0 Å². The Labute approximate surface area is 171 Å². The second-order valence-corrected chi connectivity index (χ2v) is 9.39. The third-order valence-corrected chi connectivity index (χ3v) is 6.79. The van der Waals surface area contributed by atoms with Crippen molar-refractivity contribution in [1.82, 2.24) is 5.32 Å². The van der Waals surface area contributed by atoms with E-state index in [0.29, 0.717) is 5.92 Å². The van der Waals surface area contributed by atoms with Crippen LogP contribution in [0.15, 0.2) is 59.5 Å². The number of rotatable bonds is 4. The van der Waals surface area contributed by atoms with Gasteiger partial charge in [0.05, 0.1) is 4.90 Å². The lowest BCUT2D eigenvalue weighted by molar-refractivity contribution is -0.139. The minimum Gasteiger partial charge on any atom is -0.480 e. The maximum atomic E-state index is 11.2. The van der Waals surface area contributed by atoms with Crippen LogP contribution in [0.4, 0.5) is 0 Å². The number of nitrogens with one attached hydrogen (secondary N) is 1. The first-order valence-electron chi connectivity index (χ1n) is 9.78. The van der Waals surface area contributed by atoms with Crippen LogP contribution < -0.4 is 5.32 Å². The number of aliphatic carboxylic acids is 1. The van der Waals surface area contributed by atoms with Crippen LogP contribution >= 0.6 is 0 Å². The second-order valence-electron chi connectivity index (χ2n) is 7.97. The van der Waals surface area contributed by atoms with Crippen LogP contribution in [0.25, 0.3) is 0 Å². The van der Waals surface area contributed by atoms with Crippen LogP contribution in [0.3, 0.4) is 0 Å². The molecule has 7 heteroatoms. The fourth-order valence-corrected chi connectivity index (χ4v) is 4.96. The summed E-state index contributed by atoms with van der Waals surface area (Å²) in [6.07, 6.45) is 5.25. The average Bonchev–Trinajstić information content (AvgIpc) is 3.19. The van der Waals surface area contributed by atoms with E-state index in [4.69, 9.17) is 4.55 Å². The molecule has 3 unspecified atom stereocenters. The molecule has 0 radical (unpaired) electrons. The lowest BCUT2D eigenvalue weighted by Crippen LogP contribution is -2.48. The van der Waals surface area contributed by atoms with E-state index in [-0.39, 0.29) is 16.5 Å². The number of aryl methyl sites for hydroxylation is 1. The van der Waals surface area contributed by atoms with Crippen LogP contribution in [0.1, 0.15) is 36.8 Å². The Hall–Kier alpha value is -2.22. The first-order chi connectivity index (χ1) is 13.7. The average molecular weight is 418 g/mol. The summed E-state index contributed by atoms with van der Waals surface area (Å²) in [4.78, 5) is 11.1. The summed E-state index contributed by atoms with van der Waals surface area (Å²) in [6, 6.07) is 16.1. The summed E-state index contributed by atoms with van der Waals surface area (Å²) in [5.74, 6) is -0.171. The summed E-state index contributed by atoms with van der Waals surface area (Å²) < 4.78 is 29.6. The van der Waals surface area contributed by atoms with Gasteiger partial charge in [-0.15, -0.1) is 0 Å². The summed E-state index contributed by atoms with van der Waals surface area (Å²) in [5.41, 5.74) is 2.30. The summed E-state index contributed by atoms with van der Waals surface area (Å²) >= 11 is 0. The molecule has 2 aromatic rings. The zero-order valence-electron chi connectivity index (χ0n) is 16.4. The molecule has 0 spiro atoms. The van der Waals surface area contributed by atoms with Gasteiger partial charge in [0.1, 0.15) is 6.04 Å². The van der Waals surface area contributed by atoms with Gasteiger partial charge >= 0.3 is 5.97 Å². The Kier molecular flexibility index (Phi) is 6.41. The highest BCUT2D eigenvalue weighted by molar-refractivity contribution is 7.85. The van der Waals surface area contributed by atoms with Crippen molar-refractivity contribution in [1.29, 1.82) is 0 Å². The Morgan fingerprint density at radius 3 is 2.38 bits per heavy atom. The van der Waals surface area contributed by atoms with Crippen molar-refractivity contribution < 1.29 is 22.9 Å². The van der Waals surface area contributed by atoms with Gasteiger partial charge in [-0.25, -0.2) is 0 Å². The van der Waals surface area contributed by atoms with Gasteiger partial charge < -0.3 is 5.11 Å². The third kappa shape index (κ3) is 5.23. The van der Waals surface area contributed by atoms with E-state index in [9.17, 15) is 18.3 Å². The molecule has 6 nitrogen and oxygen atoms in total. The minimum atomic E-state index is -4.02. The maximum absolute atomic E-state index is 11.2. The maximum Gasteiger partial charge on any atom is 0.320 e. The number of fused-ring (bicyclic) bond motifs is 1. The van der Waals surface area contributed by atoms with Crippen LogP contribution in [0, 0.1) is 12.8 Å². The normalized spacial score (nSPS) is 25.7. The predicted molar refractivity (Wildman–Crippen MR) is 110 cm³/mol. The third-order valence-electron chi connectivity index (χ3n) is 5.92. The Morgan fingerprint density at radius 1 is 1.14 bits per heavy atom. The fraction of sp³-hybridized carbons (Fsp3) is 0.409. The monoisotopic (exact) mass is 417 g/mol. The summed E-state index contributed by atoms with van der Waals surface area (Å²) in [6.45, 7) is 1.84. The van der Waals surface area contributed by atoms with Gasteiger partial charge in [-0.3, -0.25) is 14.7 Å². The first-order valence-corrected chi connectivity index (χ1v) is 11.2. The number of benzene rings is 2. The van der Waals surface area contributed by atoms with Gasteiger partial charge in [-0.1, -0.05) is 54.4 Å². The van der Waals surface area contributed by atoms with E-state index >= 15 is 0 Å². The molecule has 1 aliphatic heterocycles. The van der Waals surface area contributed by atoms with Crippen molar-refractivity contribution >= 4 is 16.1 Å². The van der Waals surface area contributed by atoms with Crippen molar-refractivity contribution in [3.05, 3.63) is 65.7 Å². The molecule has 3 atom stereocenters. The number of carboxylic acid groups (broad SMARTS) is 1. The Balaban J connectivity index is 0.000000188. The van der Waals surface area contributed by atoms with Crippen molar-refractivity contribution in [2.45, 2.75) is 55.5 Å². The molecular weight excluding hydrogens is 390 g/mol. The lowest BCUT2D eigenvalue weighted by Gasteiger charge is -2.30. The molecule has 1 aliphatic carbocycles. The number of carboxylic acids is 1. The van der Waals surface area contributed by atoms with E-state index in [2.05, 4.69) is 29.6 Å². The van der Waals surface area contributed by atoms with Gasteiger partial charge in [-0.05, 0) is 56.2 Å². The number of carbonyl (C=O) groups is 1. The quantitative estimate of drug-likeness (QED) is 0.658. The van der Waals surface area contributed by atoms with E-state index in [1.54, 1.807) is 12.1 Å². The van der Waals surface area contributed by atoms with Crippen molar-refractivity contribution in [3.63, 3.8) is 0 Å². The molecule has 1 heterocycles. The summed E-state index contributed by atoms with van der Waals surface area (Å²) in [5, 5.41) is 12.6. The molecule has 29 heavy (non-hydrogen) atoms. The zero-order chi connectivity index (χ0) is 21.1. The molecule has 0 amide bonds. The van der Waals surface area contributed by atoms with Crippen molar-refractivity contribution in [2.24, 2.45) is 5.92 Å². The first kappa shape index (κ1) is 21.5. The van der Waals surface area contributed by atoms with Crippen molar-refractivity contribution in [3.8, 4) is 0 Å². The van der Waals surface area contributed by atoms with E-state index in [1.165, 1.54) is 30.5 Å². The lowest BCUT2D eigenvalue weighted by atomic mass is 9.83. The van der Waals surface area contributed by atoms with Crippen molar-refractivity contribution in [2.75, 3.05) is 0 Å². The Bertz CT molecular complexity index is 943. The Morgan fingerprint density at radius 2 is 1.79 bits per heavy atom. The molecule has 156 valence electrons. The van der Waals surface area contributed by atoms with Crippen LogP contribution in [-0.4, -0.2) is 35.6 Å². The topological polar surface area (TPSA) is 104 Å². The second kappa shape index (κ2) is 8.65. The molecular formula is C22H27NO5S. The smallest absolute Gasteiger partial charge is 0.320 e. The van der Waals surface area contributed by atoms with Crippen LogP contribution in [0.5, 0.6) is 0 Å². The number of hydrogen-bond acceptors (Lipinski definition) is 4. The largest absolute Gasteiger partial charge is 0.480 e. The van der Waals surface area contributed by atoms with Crippen LogP contribution in [0.2, 0.25) is 0 Å². The fourth-order valence-electron chi connectivity index (χ4n) is 4.48. The van der Waals surface area contributed by atoms with E-state index in [0.717, 1.165) is 24.8 Å². The van der Waals surface area contributed by atoms with Gasteiger partial charge in [0, 0.05) is 5.54 Å². The molecule has 4 rings (SSSR count). The highest BCUT2D eigenvalue weighted by Crippen LogP contribution is 2.45. The van der Waals surface area contributed by atoms with E-state index < -0.39 is 16.1 Å². The van der Waals surface area contributed by atoms with Gasteiger partial charge in [0.25, 0.3) is 10.1 Å². The zero-order valence-corrected chi connectivity index (χ0v) is 17.2. The van der Waals surface area contributed by atoms with Gasteiger partial charge in [0.2, 0.25) is 0 Å². The van der Waals surface area contributed by atoms with Crippen LogP contribution in [-0.2, 0) is 21.3 Å². The molecule has 1 saturated carbocycles. The standard InChI is InChI=1S/C15H19NO2.C7H8O3S/c17-14(18)13-9-12-7-4-8-15(12,16-13)10-11-5-2-1-3-6-11;1-6-2-4-7(5-3-6)11(8,9)10/h1-3,5-6,12-13,16H,4,7-10H2,(H,17,18);2-5H,1H3,(H,8,9,10). The van der Waals surface area contributed by atoms with E-state index in [1.807, 2.05) is 13.0 Å². The molecule has 2 aromatic carbocycles. The molecule has 2 fully saturated rings. The molecule has 0 aromatic heterocycles. The molecule has 0 bridgehead atoms. The highest BCUT2D eigenvalue weighted by Gasteiger charge is 2.51. The number of hydrogen-bond donors (Lipinski definition) is 3.